The predicted molar refractivity (Wildman–Crippen MR) is 95.8 cm³/mol. The van der Waals surface area contributed by atoms with Gasteiger partial charge >= 0.3 is 6.03 Å². The van der Waals surface area contributed by atoms with Crippen molar-refractivity contribution in [2.75, 3.05) is 19.0 Å². The maximum absolute atomic E-state index is 14.4. The van der Waals surface area contributed by atoms with E-state index in [0.717, 1.165) is 17.7 Å². The minimum Gasteiger partial charge on any atom is -0.497 e. The zero-order chi connectivity index (χ0) is 19.6. The molecule has 3 rings (SSSR count). The first-order chi connectivity index (χ1) is 12.9. The van der Waals surface area contributed by atoms with Crippen LogP contribution in [0.2, 0.25) is 0 Å². The minimum absolute atomic E-state index is 0.00833. The predicted octanol–water partition coefficient (Wildman–Crippen LogP) is 2.69. The summed E-state index contributed by atoms with van der Waals surface area (Å²) in [5.41, 5.74) is 1.23. The smallest absolute Gasteiger partial charge is 0.319 e. The quantitative estimate of drug-likeness (QED) is 0.769. The standard InChI is InChI=1S/C19H19F2N3O3/c1-10-4-3-5-11(6-10)23-19(26)24-17-13(9-22-18(17)25)16-14(20)7-12(27-2)8-15(16)21/h3-8,13,17H,9H2,1-2H3,(H,22,25)(H2,23,24,26). The topological polar surface area (TPSA) is 79.5 Å². The number of nitrogens with one attached hydrogen (secondary N) is 3. The third-order valence-electron chi connectivity index (χ3n) is 4.40. The highest BCUT2D eigenvalue weighted by atomic mass is 19.1. The van der Waals surface area contributed by atoms with Crippen LogP contribution in [-0.2, 0) is 4.79 Å². The number of methoxy groups -OCH3 is 1. The first-order valence-corrected chi connectivity index (χ1v) is 8.34. The van der Waals surface area contributed by atoms with E-state index >= 15 is 0 Å². The van der Waals surface area contributed by atoms with Crippen molar-refractivity contribution in [2.45, 2.75) is 18.9 Å². The van der Waals surface area contributed by atoms with Gasteiger partial charge in [0, 0.05) is 35.8 Å². The summed E-state index contributed by atoms with van der Waals surface area (Å²) in [6, 6.07) is 7.46. The summed E-state index contributed by atoms with van der Waals surface area (Å²) >= 11 is 0. The molecule has 2 atom stereocenters. The van der Waals surface area contributed by atoms with Crippen molar-refractivity contribution in [1.82, 2.24) is 10.6 Å². The highest BCUT2D eigenvalue weighted by Crippen LogP contribution is 2.31. The number of ether oxygens (including phenoxy) is 1. The second-order valence-corrected chi connectivity index (χ2v) is 6.30. The van der Waals surface area contributed by atoms with Crippen LogP contribution in [0.3, 0.4) is 0 Å². The number of amides is 3. The summed E-state index contributed by atoms with van der Waals surface area (Å²) in [7, 11) is 1.30. The second kappa shape index (κ2) is 7.61. The maximum atomic E-state index is 14.4. The number of carbonyl (C=O) groups excluding carboxylic acids is 2. The van der Waals surface area contributed by atoms with Crippen molar-refractivity contribution >= 4 is 17.6 Å². The molecule has 3 amide bonds. The Labute approximate surface area is 154 Å². The van der Waals surface area contributed by atoms with Crippen molar-refractivity contribution in [3.8, 4) is 5.75 Å². The Kier molecular flexibility index (Phi) is 5.25. The Morgan fingerprint density at radius 3 is 2.56 bits per heavy atom. The number of urea groups is 1. The van der Waals surface area contributed by atoms with Gasteiger partial charge in [0.05, 0.1) is 7.11 Å². The van der Waals surface area contributed by atoms with Crippen molar-refractivity contribution in [3.63, 3.8) is 0 Å². The molecule has 0 radical (unpaired) electrons. The Balaban J connectivity index is 1.80. The number of anilines is 1. The van der Waals surface area contributed by atoms with E-state index in [0.29, 0.717) is 5.69 Å². The Morgan fingerprint density at radius 2 is 1.93 bits per heavy atom. The van der Waals surface area contributed by atoms with Crippen LogP contribution in [0.15, 0.2) is 36.4 Å². The van der Waals surface area contributed by atoms with E-state index in [9.17, 15) is 18.4 Å². The summed E-state index contributed by atoms with van der Waals surface area (Å²) in [4.78, 5) is 24.4. The SMILES string of the molecule is COc1cc(F)c(C2CNC(=O)C2NC(=O)Nc2cccc(C)c2)c(F)c1. The largest absolute Gasteiger partial charge is 0.497 e. The zero-order valence-electron chi connectivity index (χ0n) is 14.8. The third kappa shape index (κ3) is 3.99. The van der Waals surface area contributed by atoms with Gasteiger partial charge in [0.2, 0.25) is 5.91 Å². The van der Waals surface area contributed by atoms with Gasteiger partial charge in [-0.1, -0.05) is 12.1 Å². The number of carbonyl (C=O) groups is 2. The number of benzene rings is 2. The maximum Gasteiger partial charge on any atom is 0.319 e. The molecule has 2 aromatic rings. The fourth-order valence-electron chi connectivity index (χ4n) is 3.12. The van der Waals surface area contributed by atoms with Crippen molar-refractivity contribution in [1.29, 1.82) is 0 Å². The van der Waals surface area contributed by atoms with E-state index in [4.69, 9.17) is 4.74 Å². The molecule has 0 bridgehead atoms. The van der Waals surface area contributed by atoms with Crippen LogP contribution in [0.4, 0.5) is 19.3 Å². The third-order valence-corrected chi connectivity index (χ3v) is 4.40. The number of rotatable bonds is 4. The molecule has 0 aliphatic carbocycles. The van der Waals surface area contributed by atoms with Crippen LogP contribution in [0, 0.1) is 18.6 Å². The van der Waals surface area contributed by atoms with E-state index in [1.54, 1.807) is 18.2 Å². The van der Waals surface area contributed by atoms with Crippen molar-refractivity contribution in [2.24, 2.45) is 0 Å². The van der Waals surface area contributed by atoms with E-state index < -0.39 is 35.5 Å². The first kappa shape index (κ1) is 18.6. The van der Waals surface area contributed by atoms with E-state index in [2.05, 4.69) is 16.0 Å². The fourth-order valence-corrected chi connectivity index (χ4v) is 3.12. The molecule has 2 unspecified atom stereocenters. The number of hydrogen-bond acceptors (Lipinski definition) is 3. The van der Waals surface area contributed by atoms with Gasteiger partial charge in [-0.25, -0.2) is 13.6 Å². The van der Waals surface area contributed by atoms with E-state index in [1.165, 1.54) is 7.11 Å². The van der Waals surface area contributed by atoms with Crippen LogP contribution < -0.4 is 20.7 Å². The molecular weight excluding hydrogens is 356 g/mol. The van der Waals surface area contributed by atoms with Gasteiger partial charge in [0.25, 0.3) is 0 Å². The van der Waals surface area contributed by atoms with Crippen molar-refractivity contribution < 1.29 is 23.1 Å². The Bertz CT molecular complexity index is 865. The molecule has 142 valence electrons. The summed E-state index contributed by atoms with van der Waals surface area (Å²) in [5.74, 6) is -3.02. The lowest BCUT2D eigenvalue weighted by molar-refractivity contribution is -0.120. The molecule has 2 aromatic carbocycles. The van der Waals surface area contributed by atoms with Gasteiger partial charge in [0.1, 0.15) is 23.4 Å². The molecule has 3 N–H and O–H groups in total. The van der Waals surface area contributed by atoms with E-state index in [-0.39, 0.29) is 17.9 Å². The average molecular weight is 375 g/mol. The average Bonchev–Trinajstić information content (AvgIpc) is 2.95. The number of halogens is 2. The molecule has 1 heterocycles. The molecule has 0 aromatic heterocycles. The lowest BCUT2D eigenvalue weighted by Gasteiger charge is -2.20. The molecule has 0 spiro atoms. The Hall–Kier alpha value is -3.16. The van der Waals surface area contributed by atoms with Crippen molar-refractivity contribution in [3.05, 3.63) is 59.2 Å². The van der Waals surface area contributed by atoms with Gasteiger partial charge in [-0.05, 0) is 24.6 Å². The lowest BCUT2D eigenvalue weighted by atomic mass is 9.93. The zero-order valence-corrected chi connectivity index (χ0v) is 14.8. The summed E-state index contributed by atoms with van der Waals surface area (Å²) in [6.45, 7) is 1.88. The van der Waals surface area contributed by atoms with Gasteiger partial charge in [-0.2, -0.15) is 0 Å². The van der Waals surface area contributed by atoms with Crippen LogP contribution in [0.5, 0.6) is 5.75 Å². The molecular formula is C19H19F2N3O3. The molecule has 1 aliphatic rings. The van der Waals surface area contributed by atoms with Crippen LogP contribution >= 0.6 is 0 Å². The van der Waals surface area contributed by atoms with Crippen LogP contribution in [0.25, 0.3) is 0 Å². The second-order valence-electron chi connectivity index (χ2n) is 6.30. The molecule has 1 saturated heterocycles. The van der Waals surface area contributed by atoms with Gasteiger partial charge < -0.3 is 20.7 Å². The van der Waals surface area contributed by atoms with Crippen LogP contribution in [0.1, 0.15) is 17.0 Å². The molecule has 1 aliphatic heterocycles. The van der Waals surface area contributed by atoms with Gasteiger partial charge in [-0.15, -0.1) is 0 Å². The monoisotopic (exact) mass is 375 g/mol. The van der Waals surface area contributed by atoms with Gasteiger partial charge in [-0.3, -0.25) is 4.79 Å². The summed E-state index contributed by atoms with van der Waals surface area (Å²) in [5, 5.41) is 7.65. The highest BCUT2D eigenvalue weighted by molar-refractivity contribution is 5.95. The molecule has 6 nitrogen and oxygen atoms in total. The molecule has 0 saturated carbocycles. The molecule has 8 heteroatoms. The molecule has 27 heavy (non-hydrogen) atoms. The fraction of sp³-hybridized carbons (Fsp3) is 0.263. The summed E-state index contributed by atoms with van der Waals surface area (Å²) < 4.78 is 33.6. The lowest BCUT2D eigenvalue weighted by Crippen LogP contribution is -2.45. The highest BCUT2D eigenvalue weighted by Gasteiger charge is 2.40. The van der Waals surface area contributed by atoms with E-state index in [1.807, 2.05) is 13.0 Å². The minimum atomic E-state index is -1.10. The van der Waals surface area contributed by atoms with Gasteiger partial charge in [0.15, 0.2) is 0 Å². The number of hydrogen-bond donors (Lipinski definition) is 3. The normalized spacial score (nSPS) is 18.7. The molecule has 1 fully saturated rings. The summed E-state index contributed by atoms with van der Waals surface area (Å²) in [6.07, 6.45) is 0. The Morgan fingerprint density at radius 1 is 1.22 bits per heavy atom. The number of aryl methyl sites for hydroxylation is 1. The van der Waals surface area contributed by atoms with Crippen LogP contribution in [-0.4, -0.2) is 31.6 Å². The first-order valence-electron chi connectivity index (χ1n) is 8.34.